The van der Waals surface area contributed by atoms with Crippen LogP contribution in [0.1, 0.15) is 40.0 Å². The Morgan fingerprint density at radius 1 is 1.19 bits per heavy atom. The van der Waals surface area contributed by atoms with Gasteiger partial charge in [-0.15, -0.1) is 0 Å². The summed E-state index contributed by atoms with van der Waals surface area (Å²) in [7, 11) is 2.02. The van der Waals surface area contributed by atoms with E-state index in [1.54, 1.807) is 0 Å². The van der Waals surface area contributed by atoms with Crippen molar-refractivity contribution in [2.45, 2.75) is 52.2 Å². The van der Waals surface area contributed by atoms with E-state index in [1.165, 1.54) is 30.4 Å². The Kier molecular flexibility index (Phi) is 3.41. The number of nitrogens with one attached hydrogen (secondary N) is 1. The molecule has 0 radical (unpaired) electrons. The molecule has 0 aromatic heterocycles. The van der Waals surface area contributed by atoms with Crippen molar-refractivity contribution >= 4 is 0 Å². The summed E-state index contributed by atoms with van der Waals surface area (Å²) in [6.45, 7) is 6.78. The van der Waals surface area contributed by atoms with Crippen LogP contribution in [0, 0.1) is 17.8 Å². The zero-order valence-corrected chi connectivity index (χ0v) is 11.0. The molecule has 0 amide bonds. The number of rotatable bonds is 1. The molecule has 2 aliphatic rings. The Bertz CT molecular complexity index is 293. The van der Waals surface area contributed by atoms with E-state index < -0.39 is 0 Å². The van der Waals surface area contributed by atoms with Crippen molar-refractivity contribution in [2.24, 2.45) is 17.8 Å². The third-order valence-corrected chi connectivity index (χ3v) is 4.65. The van der Waals surface area contributed by atoms with E-state index in [9.17, 15) is 5.11 Å². The largest absolute Gasteiger partial charge is 0.388 e. The van der Waals surface area contributed by atoms with Gasteiger partial charge in [-0.05, 0) is 49.6 Å². The molecule has 2 nitrogen and oxygen atoms in total. The van der Waals surface area contributed by atoms with Crippen LogP contribution in [0.5, 0.6) is 0 Å². The number of likely N-dealkylation sites (N-methyl/N-ethyl adjacent to an activating group) is 1. The fourth-order valence-electron chi connectivity index (χ4n) is 3.46. The lowest BCUT2D eigenvalue weighted by Gasteiger charge is -2.42. The Morgan fingerprint density at radius 3 is 2.50 bits per heavy atom. The molecule has 0 bridgehead atoms. The van der Waals surface area contributed by atoms with E-state index in [4.69, 9.17) is 0 Å². The second kappa shape index (κ2) is 4.50. The zero-order chi connectivity index (χ0) is 11.9. The average molecular weight is 223 g/mol. The molecule has 0 spiro atoms. The second-order valence-electron chi connectivity index (χ2n) is 5.93. The maximum absolute atomic E-state index is 10.4. The van der Waals surface area contributed by atoms with E-state index in [1.807, 2.05) is 7.05 Å². The summed E-state index contributed by atoms with van der Waals surface area (Å²) in [5, 5.41) is 13.8. The summed E-state index contributed by atoms with van der Waals surface area (Å²) in [6.07, 6.45) is 3.34. The number of hydrogen-bond donors (Lipinski definition) is 2. The third kappa shape index (κ3) is 1.93. The molecule has 2 rings (SSSR count). The first-order valence-corrected chi connectivity index (χ1v) is 6.61. The molecular weight excluding hydrogens is 198 g/mol. The number of hydrogen-bond acceptors (Lipinski definition) is 2. The minimum atomic E-state index is -0.219. The normalized spacial score (nSPS) is 44.4. The summed E-state index contributed by atoms with van der Waals surface area (Å²) in [6, 6.07) is 0.406. The van der Waals surface area contributed by atoms with Gasteiger partial charge in [-0.25, -0.2) is 0 Å². The molecule has 2 aliphatic carbocycles. The summed E-state index contributed by atoms with van der Waals surface area (Å²) < 4.78 is 0. The predicted octanol–water partition coefficient (Wildman–Crippen LogP) is 2.34. The van der Waals surface area contributed by atoms with Crippen LogP contribution in [0.25, 0.3) is 0 Å². The summed E-state index contributed by atoms with van der Waals surface area (Å²) in [5.74, 6) is 1.78. The molecule has 2 heteroatoms. The molecular formula is C14H25NO. The summed E-state index contributed by atoms with van der Waals surface area (Å²) >= 11 is 0. The third-order valence-electron chi connectivity index (χ3n) is 4.65. The molecule has 0 saturated carbocycles. The Balaban J connectivity index is 2.33. The summed E-state index contributed by atoms with van der Waals surface area (Å²) in [4.78, 5) is 0. The van der Waals surface area contributed by atoms with Crippen LogP contribution in [0.4, 0.5) is 0 Å². The summed E-state index contributed by atoms with van der Waals surface area (Å²) in [5.41, 5.74) is 2.86. The SMILES string of the molecule is CNC1CC(C)CC2=C1C(O)C(C)C(C)C2. The van der Waals surface area contributed by atoms with Gasteiger partial charge in [-0.1, -0.05) is 26.3 Å². The molecule has 2 N–H and O–H groups in total. The minimum Gasteiger partial charge on any atom is -0.388 e. The Labute approximate surface area is 99.1 Å². The minimum absolute atomic E-state index is 0.219. The predicted molar refractivity (Wildman–Crippen MR) is 67.2 cm³/mol. The molecule has 0 aromatic carbocycles. The highest BCUT2D eigenvalue weighted by Crippen LogP contribution is 2.42. The first kappa shape index (κ1) is 12.1. The quantitative estimate of drug-likeness (QED) is 0.669. The number of allylic oxidation sites excluding steroid dienone is 1. The molecule has 5 unspecified atom stereocenters. The Hall–Kier alpha value is -0.340. The van der Waals surface area contributed by atoms with Gasteiger partial charge in [0.05, 0.1) is 6.10 Å². The average Bonchev–Trinajstić information content (AvgIpc) is 2.24. The smallest absolute Gasteiger partial charge is 0.0795 e. The van der Waals surface area contributed by atoms with Crippen molar-refractivity contribution in [1.29, 1.82) is 0 Å². The van der Waals surface area contributed by atoms with Crippen LogP contribution in [-0.4, -0.2) is 24.3 Å². The lowest BCUT2D eigenvalue weighted by atomic mass is 9.67. The zero-order valence-electron chi connectivity index (χ0n) is 11.0. The maximum Gasteiger partial charge on any atom is 0.0795 e. The highest BCUT2D eigenvalue weighted by atomic mass is 16.3. The molecule has 0 fully saturated rings. The monoisotopic (exact) mass is 223 g/mol. The van der Waals surface area contributed by atoms with Gasteiger partial charge in [0, 0.05) is 6.04 Å². The van der Waals surface area contributed by atoms with E-state index in [2.05, 4.69) is 26.1 Å². The van der Waals surface area contributed by atoms with E-state index in [0.717, 1.165) is 5.92 Å². The lowest BCUT2D eigenvalue weighted by molar-refractivity contribution is 0.0903. The van der Waals surface area contributed by atoms with Crippen molar-refractivity contribution in [2.75, 3.05) is 7.05 Å². The van der Waals surface area contributed by atoms with E-state index in [0.29, 0.717) is 17.9 Å². The molecule has 5 atom stereocenters. The van der Waals surface area contributed by atoms with Crippen LogP contribution in [0.3, 0.4) is 0 Å². The van der Waals surface area contributed by atoms with Gasteiger partial charge in [-0.3, -0.25) is 0 Å². The van der Waals surface area contributed by atoms with Gasteiger partial charge in [0.1, 0.15) is 0 Å². The topological polar surface area (TPSA) is 32.3 Å². The highest BCUT2D eigenvalue weighted by molar-refractivity contribution is 5.31. The van der Waals surface area contributed by atoms with E-state index in [-0.39, 0.29) is 6.10 Å². The fraction of sp³-hybridized carbons (Fsp3) is 0.857. The van der Waals surface area contributed by atoms with Crippen LogP contribution in [0.15, 0.2) is 11.1 Å². The first-order chi connectivity index (χ1) is 7.54. The highest BCUT2D eigenvalue weighted by Gasteiger charge is 2.38. The molecule has 0 aromatic rings. The molecule has 16 heavy (non-hydrogen) atoms. The van der Waals surface area contributed by atoms with Crippen molar-refractivity contribution in [3.63, 3.8) is 0 Å². The molecule has 0 aliphatic heterocycles. The van der Waals surface area contributed by atoms with Crippen molar-refractivity contribution in [1.82, 2.24) is 5.32 Å². The van der Waals surface area contributed by atoms with Crippen molar-refractivity contribution in [3.05, 3.63) is 11.1 Å². The second-order valence-corrected chi connectivity index (χ2v) is 5.93. The number of aliphatic hydroxyl groups excluding tert-OH is 1. The maximum atomic E-state index is 10.4. The van der Waals surface area contributed by atoms with Crippen molar-refractivity contribution < 1.29 is 5.11 Å². The van der Waals surface area contributed by atoms with Crippen LogP contribution in [-0.2, 0) is 0 Å². The van der Waals surface area contributed by atoms with Crippen LogP contribution in [0.2, 0.25) is 0 Å². The van der Waals surface area contributed by atoms with E-state index >= 15 is 0 Å². The molecule has 0 heterocycles. The van der Waals surface area contributed by atoms with Gasteiger partial charge < -0.3 is 10.4 Å². The van der Waals surface area contributed by atoms with Gasteiger partial charge in [-0.2, -0.15) is 0 Å². The fourth-order valence-corrected chi connectivity index (χ4v) is 3.46. The number of aliphatic hydroxyl groups is 1. The van der Waals surface area contributed by atoms with Gasteiger partial charge in [0.25, 0.3) is 0 Å². The van der Waals surface area contributed by atoms with Crippen LogP contribution < -0.4 is 5.32 Å². The van der Waals surface area contributed by atoms with Crippen molar-refractivity contribution in [3.8, 4) is 0 Å². The van der Waals surface area contributed by atoms with Crippen LogP contribution >= 0.6 is 0 Å². The standard InChI is InChI=1S/C14H25NO/c1-8-5-11-7-9(2)10(3)14(16)13(11)12(6-8)15-4/h8-10,12,14-16H,5-7H2,1-4H3. The van der Waals surface area contributed by atoms with Gasteiger partial charge in [0.2, 0.25) is 0 Å². The molecule has 0 saturated heterocycles. The molecule has 92 valence electrons. The van der Waals surface area contributed by atoms with Gasteiger partial charge in [0.15, 0.2) is 0 Å². The lowest BCUT2D eigenvalue weighted by Crippen LogP contribution is -2.44. The van der Waals surface area contributed by atoms with Gasteiger partial charge >= 0.3 is 0 Å². The first-order valence-electron chi connectivity index (χ1n) is 6.61. The Morgan fingerprint density at radius 2 is 1.88 bits per heavy atom.